The second-order valence-corrected chi connectivity index (χ2v) is 7.80. The Hall–Kier alpha value is -2.38. The molecule has 2 heterocycles. The van der Waals surface area contributed by atoms with Crippen LogP contribution in [0.5, 0.6) is 5.75 Å². The number of carbonyl (C=O) groups excluding carboxylic acids is 1. The number of likely N-dealkylation sites (N-methyl/N-ethyl adjacent to an activating group) is 1. The lowest BCUT2D eigenvalue weighted by molar-refractivity contribution is -0.138. The fraction of sp³-hybridized carbons (Fsp3) is 0.350. The Labute approximate surface area is 173 Å². The van der Waals surface area contributed by atoms with Crippen LogP contribution in [0.15, 0.2) is 34.2 Å². The second-order valence-electron chi connectivity index (χ2n) is 6.47. The number of carbonyl (C=O) groups is 1. The van der Waals surface area contributed by atoms with Crippen molar-refractivity contribution in [2.45, 2.75) is 40.3 Å². The molecule has 0 radical (unpaired) electrons. The summed E-state index contributed by atoms with van der Waals surface area (Å²) in [6.07, 6.45) is -0.653. The van der Waals surface area contributed by atoms with E-state index in [9.17, 15) is 4.79 Å². The van der Waals surface area contributed by atoms with E-state index in [-0.39, 0.29) is 12.5 Å². The molecule has 3 rings (SSSR count). The van der Waals surface area contributed by atoms with E-state index in [1.807, 2.05) is 50.4 Å². The van der Waals surface area contributed by atoms with E-state index in [2.05, 4.69) is 10.1 Å². The first kappa shape index (κ1) is 20.4. The quantitative estimate of drug-likeness (QED) is 0.545. The summed E-state index contributed by atoms with van der Waals surface area (Å²) in [5, 5.41) is 6.65. The number of aryl methyl sites for hydroxylation is 2. The molecule has 0 aliphatic carbocycles. The Kier molecular flexibility index (Phi) is 6.36. The van der Waals surface area contributed by atoms with E-state index in [0.29, 0.717) is 29.0 Å². The Morgan fingerprint density at radius 3 is 2.68 bits per heavy atom. The third-order valence-electron chi connectivity index (χ3n) is 4.30. The Morgan fingerprint density at radius 1 is 1.36 bits per heavy atom. The fourth-order valence-corrected chi connectivity index (χ4v) is 3.58. The van der Waals surface area contributed by atoms with Gasteiger partial charge in [0.25, 0.3) is 5.91 Å². The summed E-state index contributed by atoms with van der Waals surface area (Å²) >= 11 is 7.73. The molecule has 0 bridgehead atoms. The average molecular weight is 420 g/mol. The molecule has 0 aliphatic heterocycles. The van der Waals surface area contributed by atoms with Crippen molar-refractivity contribution in [3.8, 4) is 16.5 Å². The van der Waals surface area contributed by atoms with Crippen LogP contribution in [0.3, 0.4) is 0 Å². The van der Waals surface area contributed by atoms with E-state index in [1.54, 1.807) is 11.8 Å². The number of aromatic nitrogens is 2. The summed E-state index contributed by atoms with van der Waals surface area (Å²) in [5.74, 6) is 1.40. The molecule has 1 aromatic carbocycles. The molecular formula is C20H22ClN3O3S. The highest BCUT2D eigenvalue weighted by Gasteiger charge is 2.23. The zero-order valence-corrected chi connectivity index (χ0v) is 17.8. The van der Waals surface area contributed by atoms with Gasteiger partial charge in [-0.15, -0.1) is 11.3 Å². The molecule has 1 unspecified atom stereocenters. The number of halogens is 1. The van der Waals surface area contributed by atoms with Crippen molar-refractivity contribution in [2.75, 3.05) is 6.54 Å². The number of hydrogen-bond donors (Lipinski definition) is 0. The minimum absolute atomic E-state index is 0.149. The molecule has 0 spiro atoms. The topological polar surface area (TPSA) is 68.5 Å². The zero-order valence-electron chi connectivity index (χ0n) is 16.2. The number of rotatable bonds is 7. The predicted octanol–water partition coefficient (Wildman–Crippen LogP) is 4.88. The van der Waals surface area contributed by atoms with E-state index < -0.39 is 6.10 Å². The third-order valence-corrected chi connectivity index (χ3v) is 5.76. The summed E-state index contributed by atoms with van der Waals surface area (Å²) in [7, 11) is 0. The third kappa shape index (κ3) is 4.54. The predicted molar refractivity (Wildman–Crippen MR) is 110 cm³/mol. The number of benzene rings is 1. The Morgan fingerprint density at radius 2 is 2.07 bits per heavy atom. The van der Waals surface area contributed by atoms with Gasteiger partial charge in [-0.05, 0) is 62.4 Å². The van der Waals surface area contributed by atoms with Gasteiger partial charge < -0.3 is 14.2 Å². The van der Waals surface area contributed by atoms with E-state index >= 15 is 0 Å². The van der Waals surface area contributed by atoms with Crippen LogP contribution in [0.4, 0.5) is 0 Å². The highest BCUT2D eigenvalue weighted by molar-refractivity contribution is 7.13. The molecule has 1 atom stereocenters. The van der Waals surface area contributed by atoms with Gasteiger partial charge >= 0.3 is 0 Å². The van der Waals surface area contributed by atoms with E-state index in [0.717, 1.165) is 16.0 Å². The minimum atomic E-state index is -0.653. The van der Waals surface area contributed by atoms with Crippen molar-refractivity contribution in [1.29, 1.82) is 0 Å². The molecule has 0 aliphatic rings. The summed E-state index contributed by atoms with van der Waals surface area (Å²) in [5.41, 5.74) is 1.83. The summed E-state index contributed by atoms with van der Waals surface area (Å²) in [6.45, 7) is 8.19. The number of thiophene rings is 1. The van der Waals surface area contributed by atoms with Crippen molar-refractivity contribution in [1.82, 2.24) is 15.0 Å². The molecule has 6 nitrogen and oxygen atoms in total. The molecule has 0 saturated heterocycles. The molecule has 3 aromatic rings. The van der Waals surface area contributed by atoms with Gasteiger partial charge in [-0.1, -0.05) is 22.8 Å². The van der Waals surface area contributed by atoms with Crippen LogP contribution in [-0.4, -0.2) is 33.6 Å². The number of hydrogen-bond acceptors (Lipinski definition) is 6. The zero-order chi connectivity index (χ0) is 20.3. The Balaban J connectivity index is 1.67. The van der Waals surface area contributed by atoms with Gasteiger partial charge in [0.1, 0.15) is 12.3 Å². The molecule has 2 aromatic heterocycles. The monoisotopic (exact) mass is 419 g/mol. The number of amides is 1. The second kappa shape index (κ2) is 8.75. The first-order valence-electron chi connectivity index (χ1n) is 8.97. The van der Waals surface area contributed by atoms with Crippen LogP contribution >= 0.6 is 22.9 Å². The van der Waals surface area contributed by atoms with Gasteiger partial charge in [-0.3, -0.25) is 4.79 Å². The van der Waals surface area contributed by atoms with Crippen LogP contribution in [0.25, 0.3) is 10.7 Å². The van der Waals surface area contributed by atoms with Crippen molar-refractivity contribution >= 4 is 28.8 Å². The van der Waals surface area contributed by atoms with Crippen molar-refractivity contribution in [2.24, 2.45) is 0 Å². The molecule has 1 amide bonds. The lowest BCUT2D eigenvalue weighted by Crippen LogP contribution is -2.40. The maximum absolute atomic E-state index is 12.8. The van der Waals surface area contributed by atoms with E-state index in [4.69, 9.17) is 20.9 Å². The van der Waals surface area contributed by atoms with Crippen LogP contribution in [-0.2, 0) is 11.3 Å². The first-order chi connectivity index (χ1) is 13.4. The highest BCUT2D eigenvalue weighted by atomic mass is 35.5. The lowest BCUT2D eigenvalue weighted by Gasteiger charge is -2.23. The van der Waals surface area contributed by atoms with Crippen LogP contribution in [0.1, 0.15) is 30.9 Å². The van der Waals surface area contributed by atoms with Gasteiger partial charge in [0.2, 0.25) is 11.7 Å². The first-order valence-corrected chi connectivity index (χ1v) is 10.2. The normalized spacial score (nSPS) is 12.0. The van der Waals surface area contributed by atoms with Gasteiger partial charge in [0, 0.05) is 11.6 Å². The SMILES string of the molecule is CCN(Cc1nc(-c2cccs2)no1)C(=O)C(C)Oc1cc(C)c(Cl)c(C)c1. The van der Waals surface area contributed by atoms with Crippen molar-refractivity contribution in [3.63, 3.8) is 0 Å². The fourth-order valence-electron chi connectivity index (χ4n) is 2.82. The van der Waals surface area contributed by atoms with Crippen LogP contribution in [0, 0.1) is 13.8 Å². The van der Waals surface area contributed by atoms with Gasteiger partial charge in [-0.2, -0.15) is 4.98 Å². The Bertz CT molecular complexity index is 933. The van der Waals surface area contributed by atoms with Crippen LogP contribution < -0.4 is 4.74 Å². The number of nitrogens with zero attached hydrogens (tertiary/aromatic N) is 3. The van der Waals surface area contributed by atoms with Gasteiger partial charge in [-0.25, -0.2) is 0 Å². The standard InChI is InChI=1S/C20H22ClN3O3S/c1-5-24(11-17-22-19(23-27-17)16-7-6-8-28-16)20(25)14(4)26-15-9-12(2)18(21)13(3)10-15/h6-10,14H,5,11H2,1-4H3. The molecule has 0 fully saturated rings. The van der Waals surface area contributed by atoms with Crippen LogP contribution in [0.2, 0.25) is 5.02 Å². The van der Waals surface area contributed by atoms with Crippen molar-refractivity contribution < 1.29 is 14.1 Å². The number of ether oxygens (including phenoxy) is 1. The molecular weight excluding hydrogens is 398 g/mol. The van der Waals surface area contributed by atoms with Gasteiger partial charge in [0.15, 0.2) is 6.10 Å². The molecule has 8 heteroatoms. The maximum Gasteiger partial charge on any atom is 0.263 e. The summed E-state index contributed by atoms with van der Waals surface area (Å²) in [6, 6.07) is 7.52. The molecule has 0 N–H and O–H groups in total. The maximum atomic E-state index is 12.8. The summed E-state index contributed by atoms with van der Waals surface area (Å²) < 4.78 is 11.2. The minimum Gasteiger partial charge on any atom is -0.481 e. The van der Waals surface area contributed by atoms with Gasteiger partial charge in [0.05, 0.1) is 4.88 Å². The smallest absolute Gasteiger partial charge is 0.263 e. The highest BCUT2D eigenvalue weighted by Crippen LogP contribution is 2.27. The molecule has 148 valence electrons. The lowest BCUT2D eigenvalue weighted by atomic mass is 10.1. The van der Waals surface area contributed by atoms with Crippen molar-refractivity contribution in [3.05, 3.63) is 51.7 Å². The van der Waals surface area contributed by atoms with E-state index in [1.165, 1.54) is 11.3 Å². The molecule has 0 saturated carbocycles. The average Bonchev–Trinajstić information content (AvgIpc) is 3.35. The largest absolute Gasteiger partial charge is 0.481 e. The molecule has 28 heavy (non-hydrogen) atoms. The summed E-state index contributed by atoms with van der Waals surface area (Å²) in [4.78, 5) is 19.8.